The van der Waals surface area contributed by atoms with Crippen molar-refractivity contribution >= 4 is 5.97 Å². The van der Waals surface area contributed by atoms with E-state index in [9.17, 15) is 4.79 Å². The largest absolute Gasteiger partial charge is 0.469 e. The van der Waals surface area contributed by atoms with Crippen LogP contribution in [0.5, 0.6) is 0 Å². The molecule has 0 bridgehead atoms. The highest BCUT2D eigenvalue weighted by Gasteiger charge is 2.18. The molecule has 1 N–H and O–H groups in total. The molecule has 0 saturated carbocycles. The number of hydrogen-bond donors (Lipinski definition) is 1. The molecule has 20 heavy (non-hydrogen) atoms. The lowest BCUT2D eigenvalue weighted by atomic mass is 10.0. The first kappa shape index (κ1) is 15.0. The highest BCUT2D eigenvalue weighted by Crippen LogP contribution is 2.17. The van der Waals surface area contributed by atoms with Gasteiger partial charge in [-0.1, -0.05) is 24.3 Å². The van der Waals surface area contributed by atoms with Crippen LogP contribution in [0.1, 0.15) is 24.0 Å². The zero-order valence-corrected chi connectivity index (χ0v) is 12.4. The molecule has 1 aromatic rings. The van der Waals surface area contributed by atoms with E-state index in [1.165, 1.54) is 25.5 Å². The van der Waals surface area contributed by atoms with Gasteiger partial charge < -0.3 is 10.1 Å². The summed E-state index contributed by atoms with van der Waals surface area (Å²) in [4.78, 5) is 13.9. The van der Waals surface area contributed by atoms with Gasteiger partial charge in [0.25, 0.3) is 0 Å². The fourth-order valence-corrected chi connectivity index (χ4v) is 2.76. The van der Waals surface area contributed by atoms with Crippen molar-refractivity contribution in [3.8, 4) is 0 Å². The normalized spacial score (nSPS) is 16.4. The number of piperidine rings is 1. The topological polar surface area (TPSA) is 41.6 Å². The van der Waals surface area contributed by atoms with Crippen molar-refractivity contribution in [1.82, 2.24) is 10.2 Å². The summed E-state index contributed by atoms with van der Waals surface area (Å²) in [6, 6.07) is 8.76. The van der Waals surface area contributed by atoms with Crippen LogP contribution in [-0.2, 0) is 22.5 Å². The number of esters is 1. The summed E-state index contributed by atoms with van der Waals surface area (Å²) in [6.07, 6.45) is 2.73. The van der Waals surface area contributed by atoms with Gasteiger partial charge in [-0.25, -0.2) is 0 Å². The molecule has 0 unspecified atom stereocenters. The van der Waals surface area contributed by atoms with Gasteiger partial charge in [-0.05, 0) is 44.1 Å². The predicted molar refractivity (Wildman–Crippen MR) is 79.5 cm³/mol. The van der Waals surface area contributed by atoms with E-state index >= 15 is 0 Å². The van der Waals surface area contributed by atoms with Crippen LogP contribution in [0.2, 0.25) is 0 Å². The Hall–Kier alpha value is -1.39. The van der Waals surface area contributed by atoms with E-state index < -0.39 is 0 Å². The Kier molecular flexibility index (Phi) is 5.56. The Morgan fingerprint density at radius 3 is 2.60 bits per heavy atom. The SMILES string of the molecule is COC(=O)Cc1ccccc1CN(C)C1CCNCC1. The standard InChI is InChI=1S/C16H24N2O2/c1-18(15-7-9-17-10-8-15)12-14-6-4-3-5-13(14)11-16(19)20-2/h3-6,15,17H,7-12H2,1-2H3. The minimum atomic E-state index is -0.179. The van der Waals surface area contributed by atoms with E-state index in [0.717, 1.165) is 25.2 Å². The average Bonchev–Trinajstić information content (AvgIpc) is 2.50. The summed E-state index contributed by atoms with van der Waals surface area (Å²) in [5.74, 6) is -0.179. The second-order valence-electron chi connectivity index (χ2n) is 5.42. The van der Waals surface area contributed by atoms with Crippen LogP contribution >= 0.6 is 0 Å². The summed E-state index contributed by atoms with van der Waals surface area (Å²) >= 11 is 0. The van der Waals surface area contributed by atoms with Gasteiger partial charge in [0.15, 0.2) is 0 Å². The first-order valence-electron chi connectivity index (χ1n) is 7.25. The van der Waals surface area contributed by atoms with Crippen molar-refractivity contribution < 1.29 is 9.53 Å². The smallest absolute Gasteiger partial charge is 0.309 e. The van der Waals surface area contributed by atoms with Crippen LogP contribution in [0.4, 0.5) is 0 Å². The first-order chi connectivity index (χ1) is 9.70. The molecule has 1 saturated heterocycles. The molecule has 1 aliphatic rings. The molecule has 2 rings (SSSR count). The number of benzene rings is 1. The van der Waals surface area contributed by atoms with Crippen LogP contribution in [0.3, 0.4) is 0 Å². The van der Waals surface area contributed by atoms with Crippen molar-refractivity contribution in [2.24, 2.45) is 0 Å². The molecular weight excluding hydrogens is 252 g/mol. The second-order valence-corrected chi connectivity index (χ2v) is 5.42. The van der Waals surface area contributed by atoms with Crippen LogP contribution in [-0.4, -0.2) is 44.2 Å². The fourth-order valence-electron chi connectivity index (χ4n) is 2.76. The molecule has 1 heterocycles. The number of rotatable bonds is 5. The minimum Gasteiger partial charge on any atom is -0.469 e. The van der Waals surface area contributed by atoms with Gasteiger partial charge in [-0.15, -0.1) is 0 Å². The van der Waals surface area contributed by atoms with Gasteiger partial charge in [0.1, 0.15) is 0 Å². The summed E-state index contributed by atoms with van der Waals surface area (Å²) < 4.78 is 4.77. The van der Waals surface area contributed by atoms with E-state index in [0.29, 0.717) is 12.5 Å². The molecule has 4 nitrogen and oxygen atoms in total. The summed E-state index contributed by atoms with van der Waals surface area (Å²) in [5, 5.41) is 3.39. The van der Waals surface area contributed by atoms with Crippen molar-refractivity contribution in [3.63, 3.8) is 0 Å². The Bertz CT molecular complexity index is 442. The maximum absolute atomic E-state index is 11.5. The van der Waals surface area contributed by atoms with Crippen molar-refractivity contribution in [3.05, 3.63) is 35.4 Å². The molecule has 4 heteroatoms. The molecule has 1 aliphatic heterocycles. The van der Waals surface area contributed by atoms with Crippen LogP contribution in [0.25, 0.3) is 0 Å². The Balaban J connectivity index is 2.02. The molecule has 0 amide bonds. The summed E-state index contributed by atoms with van der Waals surface area (Å²) in [5.41, 5.74) is 2.29. The maximum atomic E-state index is 11.5. The summed E-state index contributed by atoms with van der Waals surface area (Å²) in [7, 11) is 3.61. The molecule has 0 aliphatic carbocycles. The third-order valence-corrected chi connectivity index (χ3v) is 4.03. The molecule has 110 valence electrons. The van der Waals surface area contributed by atoms with E-state index in [1.807, 2.05) is 18.2 Å². The molecule has 0 atom stereocenters. The van der Waals surface area contributed by atoms with Crippen molar-refractivity contribution in [2.45, 2.75) is 31.8 Å². The van der Waals surface area contributed by atoms with Crippen molar-refractivity contribution in [2.75, 3.05) is 27.2 Å². The van der Waals surface area contributed by atoms with Gasteiger partial charge >= 0.3 is 5.97 Å². The summed E-state index contributed by atoms with van der Waals surface area (Å²) in [6.45, 7) is 3.08. The Morgan fingerprint density at radius 2 is 1.95 bits per heavy atom. The number of nitrogens with one attached hydrogen (secondary N) is 1. The number of methoxy groups -OCH3 is 1. The lowest BCUT2D eigenvalue weighted by Gasteiger charge is -2.32. The predicted octanol–water partition coefficient (Wildman–Crippen LogP) is 1.59. The molecule has 0 aromatic heterocycles. The quantitative estimate of drug-likeness (QED) is 0.829. The molecule has 0 spiro atoms. The molecular formula is C16H24N2O2. The third kappa shape index (κ3) is 4.05. The van der Waals surface area contributed by atoms with E-state index in [1.54, 1.807) is 0 Å². The zero-order valence-electron chi connectivity index (χ0n) is 12.4. The maximum Gasteiger partial charge on any atom is 0.309 e. The van der Waals surface area contributed by atoms with E-state index in [4.69, 9.17) is 4.74 Å². The Labute approximate surface area is 121 Å². The number of ether oxygens (including phenoxy) is 1. The van der Waals surface area contributed by atoms with Crippen molar-refractivity contribution in [1.29, 1.82) is 0 Å². The highest BCUT2D eigenvalue weighted by molar-refractivity contribution is 5.72. The molecule has 0 radical (unpaired) electrons. The van der Waals surface area contributed by atoms with Gasteiger partial charge in [0.2, 0.25) is 0 Å². The first-order valence-corrected chi connectivity index (χ1v) is 7.25. The lowest BCUT2D eigenvalue weighted by Crippen LogP contribution is -2.40. The third-order valence-electron chi connectivity index (χ3n) is 4.03. The number of hydrogen-bond acceptors (Lipinski definition) is 4. The van der Waals surface area contributed by atoms with Gasteiger partial charge in [0, 0.05) is 12.6 Å². The number of carbonyl (C=O) groups excluding carboxylic acids is 1. The van der Waals surface area contributed by atoms with Gasteiger partial charge in [0.05, 0.1) is 13.5 Å². The Morgan fingerprint density at radius 1 is 1.30 bits per heavy atom. The fraction of sp³-hybridized carbons (Fsp3) is 0.562. The average molecular weight is 276 g/mol. The highest BCUT2D eigenvalue weighted by atomic mass is 16.5. The van der Waals surface area contributed by atoms with Crippen LogP contribution < -0.4 is 5.32 Å². The number of carbonyl (C=O) groups is 1. The molecule has 1 aromatic carbocycles. The van der Waals surface area contributed by atoms with Gasteiger partial charge in [-0.2, -0.15) is 0 Å². The monoisotopic (exact) mass is 276 g/mol. The lowest BCUT2D eigenvalue weighted by molar-refractivity contribution is -0.139. The number of nitrogens with zero attached hydrogens (tertiary/aromatic N) is 1. The zero-order chi connectivity index (χ0) is 14.4. The van der Waals surface area contributed by atoms with Crippen LogP contribution in [0, 0.1) is 0 Å². The van der Waals surface area contributed by atoms with E-state index in [2.05, 4.69) is 23.3 Å². The second kappa shape index (κ2) is 7.41. The van der Waals surface area contributed by atoms with Gasteiger partial charge in [-0.3, -0.25) is 9.69 Å². The molecule has 1 fully saturated rings. The van der Waals surface area contributed by atoms with Crippen LogP contribution in [0.15, 0.2) is 24.3 Å². The minimum absolute atomic E-state index is 0.179. The van der Waals surface area contributed by atoms with E-state index in [-0.39, 0.29) is 5.97 Å².